The van der Waals surface area contributed by atoms with Crippen LogP contribution in [0.15, 0.2) is 217 Å². The van der Waals surface area contributed by atoms with Crippen molar-refractivity contribution in [3.05, 3.63) is 223 Å². The number of nitrogens with zero attached hydrogens (tertiary/aromatic N) is 3. The van der Waals surface area contributed by atoms with Crippen molar-refractivity contribution in [1.29, 1.82) is 0 Å². The molecule has 0 N–H and O–H groups in total. The van der Waals surface area contributed by atoms with Gasteiger partial charge in [0.1, 0.15) is 11.2 Å². The van der Waals surface area contributed by atoms with Gasteiger partial charge in [0.05, 0.1) is 0 Å². The van der Waals surface area contributed by atoms with Gasteiger partial charge in [-0.1, -0.05) is 190 Å². The molecule has 1 aliphatic rings. The van der Waals surface area contributed by atoms with Crippen molar-refractivity contribution >= 4 is 21.9 Å². The maximum absolute atomic E-state index is 6.51. The fraction of sp³-hybridized carbons (Fsp3) is 0.0500. The molecule has 0 saturated carbocycles. The monoisotopic (exact) mass is 819 g/mol. The molecule has 0 unspecified atom stereocenters. The first kappa shape index (κ1) is 37.5. The van der Waals surface area contributed by atoms with Crippen molar-refractivity contribution in [2.24, 2.45) is 0 Å². The maximum Gasteiger partial charge on any atom is 0.164 e. The van der Waals surface area contributed by atoms with Crippen LogP contribution in [0.25, 0.3) is 112 Å². The Morgan fingerprint density at radius 1 is 0.312 bits per heavy atom. The van der Waals surface area contributed by atoms with Gasteiger partial charge in [0.15, 0.2) is 17.5 Å². The van der Waals surface area contributed by atoms with E-state index in [-0.39, 0.29) is 5.41 Å². The van der Waals surface area contributed by atoms with E-state index < -0.39 is 0 Å². The highest BCUT2D eigenvalue weighted by molar-refractivity contribution is 6.12. The smallest absolute Gasteiger partial charge is 0.164 e. The minimum atomic E-state index is -0.0406. The molecule has 4 heteroatoms. The summed E-state index contributed by atoms with van der Waals surface area (Å²) in [6.07, 6.45) is 0. The standard InChI is InChI=1S/C60H41N3O/c1-60(2)52-24-10-9-22-48(52)49-32-30-46(37-53(49)60)44-20-11-18-42(34-44)39-26-28-40(29-27-39)45-31-33-54-51(36-45)56-50(23-13-25-55(56)64-54)59-62-57(41-16-7-4-8-17-41)61-58(63-59)47-21-12-19-43(35-47)38-14-5-3-6-15-38/h3-37H,1-2H3. The summed E-state index contributed by atoms with van der Waals surface area (Å²) in [7, 11) is 0. The third-order valence-electron chi connectivity index (χ3n) is 13.0. The summed E-state index contributed by atoms with van der Waals surface area (Å²) in [6, 6.07) is 75.1. The predicted octanol–water partition coefficient (Wildman–Crippen LogP) is 15.7. The molecular weight excluding hydrogens is 779 g/mol. The first-order valence-corrected chi connectivity index (χ1v) is 21.8. The SMILES string of the molecule is CC1(C)c2ccccc2-c2ccc(-c3cccc(-c4ccc(-c5ccc6oc7cccc(-c8nc(-c9ccccc9)nc(-c9cccc(-c%10ccccc%10)c9)n8)c7c6c5)cc4)c3)cc21. The first-order valence-electron chi connectivity index (χ1n) is 21.8. The molecule has 0 fully saturated rings. The number of hydrogen-bond donors (Lipinski definition) is 0. The number of fused-ring (bicyclic) bond motifs is 6. The summed E-state index contributed by atoms with van der Waals surface area (Å²) in [5.41, 5.74) is 19.0. The number of rotatable bonds is 7. The quantitative estimate of drug-likeness (QED) is 0.161. The Balaban J connectivity index is 0.901. The van der Waals surface area contributed by atoms with Gasteiger partial charge in [0.25, 0.3) is 0 Å². The van der Waals surface area contributed by atoms with Crippen molar-refractivity contribution in [1.82, 2.24) is 15.0 Å². The summed E-state index contributed by atoms with van der Waals surface area (Å²) in [4.78, 5) is 15.4. The van der Waals surface area contributed by atoms with Crippen LogP contribution in [0.1, 0.15) is 25.0 Å². The molecule has 1 aliphatic carbocycles. The highest BCUT2D eigenvalue weighted by Crippen LogP contribution is 2.49. The van der Waals surface area contributed by atoms with Crippen molar-refractivity contribution in [2.75, 3.05) is 0 Å². The van der Waals surface area contributed by atoms with Crippen molar-refractivity contribution in [2.45, 2.75) is 19.3 Å². The topological polar surface area (TPSA) is 51.8 Å². The Morgan fingerprint density at radius 3 is 1.52 bits per heavy atom. The predicted molar refractivity (Wildman–Crippen MR) is 263 cm³/mol. The maximum atomic E-state index is 6.51. The van der Waals surface area contributed by atoms with Crippen LogP contribution < -0.4 is 0 Å². The number of aromatic nitrogens is 3. The molecule has 0 saturated heterocycles. The molecule has 2 aromatic heterocycles. The molecule has 11 aromatic rings. The van der Waals surface area contributed by atoms with Crippen LogP contribution in [0.2, 0.25) is 0 Å². The second-order valence-corrected chi connectivity index (χ2v) is 17.2. The van der Waals surface area contributed by atoms with Crippen LogP contribution in [-0.4, -0.2) is 15.0 Å². The average Bonchev–Trinajstić information content (AvgIpc) is 3.85. The van der Waals surface area contributed by atoms with Gasteiger partial charge >= 0.3 is 0 Å². The van der Waals surface area contributed by atoms with E-state index in [1.807, 2.05) is 48.5 Å². The second-order valence-electron chi connectivity index (χ2n) is 17.2. The molecule has 0 atom stereocenters. The zero-order valence-corrected chi connectivity index (χ0v) is 35.5. The fourth-order valence-electron chi connectivity index (χ4n) is 9.62. The van der Waals surface area contributed by atoms with E-state index in [1.54, 1.807) is 0 Å². The lowest BCUT2D eigenvalue weighted by Gasteiger charge is -2.22. The summed E-state index contributed by atoms with van der Waals surface area (Å²) < 4.78 is 6.51. The zero-order valence-electron chi connectivity index (χ0n) is 35.5. The van der Waals surface area contributed by atoms with Crippen LogP contribution in [-0.2, 0) is 5.41 Å². The molecule has 0 radical (unpaired) electrons. The molecule has 0 amide bonds. The van der Waals surface area contributed by atoms with E-state index in [2.05, 4.69) is 178 Å². The van der Waals surface area contributed by atoms with Gasteiger partial charge in [-0.15, -0.1) is 0 Å². The lowest BCUT2D eigenvalue weighted by Crippen LogP contribution is -2.14. The molecule has 0 bridgehead atoms. The van der Waals surface area contributed by atoms with Gasteiger partial charge in [-0.3, -0.25) is 0 Å². The molecular formula is C60H41N3O. The van der Waals surface area contributed by atoms with Crippen molar-refractivity contribution in [3.63, 3.8) is 0 Å². The summed E-state index contributed by atoms with van der Waals surface area (Å²) in [6.45, 7) is 4.68. The third-order valence-corrected chi connectivity index (χ3v) is 13.0. The largest absolute Gasteiger partial charge is 0.456 e. The van der Waals surface area contributed by atoms with Crippen molar-refractivity contribution < 1.29 is 4.42 Å². The lowest BCUT2D eigenvalue weighted by molar-refractivity contribution is 0.660. The Labute approximate surface area is 372 Å². The van der Waals surface area contributed by atoms with E-state index in [4.69, 9.17) is 19.4 Å². The molecule has 2 heterocycles. The van der Waals surface area contributed by atoms with Gasteiger partial charge in [-0.2, -0.15) is 0 Å². The Morgan fingerprint density at radius 2 is 0.781 bits per heavy atom. The third kappa shape index (κ3) is 6.42. The first-order chi connectivity index (χ1) is 31.4. The van der Waals surface area contributed by atoms with Crippen LogP contribution >= 0.6 is 0 Å². The second kappa shape index (κ2) is 15.0. The minimum absolute atomic E-state index is 0.0406. The Kier molecular flexibility index (Phi) is 8.80. The lowest BCUT2D eigenvalue weighted by atomic mass is 9.81. The van der Waals surface area contributed by atoms with E-state index >= 15 is 0 Å². The van der Waals surface area contributed by atoms with Gasteiger partial charge in [-0.25, -0.2) is 15.0 Å². The number of furan rings is 1. The van der Waals surface area contributed by atoms with Gasteiger partial charge in [0, 0.05) is 32.9 Å². The highest BCUT2D eigenvalue weighted by atomic mass is 16.3. The number of hydrogen-bond acceptors (Lipinski definition) is 4. The van der Waals surface area contributed by atoms with Crippen LogP contribution in [0.4, 0.5) is 0 Å². The summed E-state index contributed by atoms with van der Waals surface area (Å²) in [5, 5.41) is 1.98. The molecule has 12 rings (SSSR count). The van der Waals surface area contributed by atoms with E-state index in [0.717, 1.165) is 60.9 Å². The fourth-order valence-corrected chi connectivity index (χ4v) is 9.62. The molecule has 64 heavy (non-hydrogen) atoms. The Bertz CT molecular complexity index is 3570. The van der Waals surface area contributed by atoms with E-state index in [9.17, 15) is 0 Å². The Hall–Kier alpha value is -8.21. The van der Waals surface area contributed by atoms with Gasteiger partial charge < -0.3 is 4.42 Å². The summed E-state index contributed by atoms with van der Waals surface area (Å²) >= 11 is 0. The van der Waals surface area contributed by atoms with Crippen LogP contribution in [0.5, 0.6) is 0 Å². The minimum Gasteiger partial charge on any atom is -0.456 e. The molecule has 302 valence electrons. The zero-order chi connectivity index (χ0) is 42.8. The van der Waals surface area contributed by atoms with Gasteiger partial charge in [-0.05, 0) is 103 Å². The van der Waals surface area contributed by atoms with Crippen molar-refractivity contribution in [3.8, 4) is 89.8 Å². The molecule has 4 nitrogen and oxygen atoms in total. The van der Waals surface area contributed by atoms with Crippen LogP contribution in [0.3, 0.4) is 0 Å². The molecule has 0 spiro atoms. The van der Waals surface area contributed by atoms with Crippen LogP contribution in [0, 0.1) is 0 Å². The molecule has 9 aromatic carbocycles. The van der Waals surface area contributed by atoms with E-state index in [0.29, 0.717) is 17.5 Å². The van der Waals surface area contributed by atoms with E-state index in [1.165, 1.54) is 44.5 Å². The molecule has 0 aliphatic heterocycles. The summed E-state index contributed by atoms with van der Waals surface area (Å²) in [5.74, 6) is 1.82. The normalized spacial score (nSPS) is 12.7. The number of benzene rings is 9. The highest BCUT2D eigenvalue weighted by Gasteiger charge is 2.35. The average molecular weight is 820 g/mol. The van der Waals surface area contributed by atoms with Gasteiger partial charge in [0.2, 0.25) is 0 Å².